The quantitative estimate of drug-likeness (QED) is 0.667. The number of nitrogens with one attached hydrogen (secondary N) is 1. The van der Waals surface area contributed by atoms with E-state index >= 15 is 0 Å². The fourth-order valence-electron chi connectivity index (χ4n) is 2.00. The van der Waals surface area contributed by atoms with Crippen molar-refractivity contribution in [1.82, 2.24) is 0 Å². The topological polar surface area (TPSA) is 72.5 Å². The van der Waals surface area contributed by atoms with Gasteiger partial charge in [0.25, 0.3) is 5.91 Å². The average Bonchev–Trinajstić information content (AvgIpc) is 3.16. The highest BCUT2D eigenvalue weighted by Crippen LogP contribution is 2.38. The number of ketones is 1. The Morgan fingerprint density at radius 1 is 1.24 bits per heavy atom. The van der Waals surface area contributed by atoms with E-state index in [1.807, 2.05) is 6.92 Å². The summed E-state index contributed by atoms with van der Waals surface area (Å²) in [6.45, 7) is 5.01. The van der Waals surface area contributed by atoms with E-state index in [9.17, 15) is 14.4 Å². The minimum atomic E-state index is -0.835. The van der Waals surface area contributed by atoms with E-state index in [-0.39, 0.29) is 23.6 Å². The Morgan fingerprint density at radius 3 is 2.29 bits per heavy atom. The van der Waals surface area contributed by atoms with Gasteiger partial charge in [0.2, 0.25) is 0 Å². The lowest BCUT2D eigenvalue weighted by Crippen LogP contribution is -2.30. The van der Waals surface area contributed by atoms with Crippen LogP contribution in [0.15, 0.2) is 24.3 Å². The molecule has 3 atom stereocenters. The van der Waals surface area contributed by atoms with Crippen molar-refractivity contribution in [2.24, 2.45) is 11.8 Å². The van der Waals surface area contributed by atoms with Crippen LogP contribution in [0.1, 0.15) is 37.6 Å². The first-order chi connectivity index (χ1) is 9.88. The van der Waals surface area contributed by atoms with Gasteiger partial charge in [-0.2, -0.15) is 0 Å². The third-order valence-electron chi connectivity index (χ3n) is 3.63. The van der Waals surface area contributed by atoms with Crippen LogP contribution in [0.5, 0.6) is 0 Å². The number of hydrogen-bond donors (Lipinski definition) is 1. The van der Waals surface area contributed by atoms with Gasteiger partial charge in [-0.05, 0) is 50.5 Å². The molecule has 1 fully saturated rings. The maximum absolute atomic E-state index is 11.9. The first-order valence-electron chi connectivity index (χ1n) is 7.01. The molecule has 1 aromatic carbocycles. The number of esters is 1. The third-order valence-corrected chi connectivity index (χ3v) is 3.63. The van der Waals surface area contributed by atoms with Gasteiger partial charge in [-0.1, -0.05) is 6.92 Å². The predicted octanol–water partition coefficient (Wildman–Crippen LogP) is 2.42. The zero-order valence-corrected chi connectivity index (χ0v) is 12.4. The van der Waals surface area contributed by atoms with Crippen LogP contribution >= 0.6 is 0 Å². The van der Waals surface area contributed by atoms with E-state index in [0.717, 1.165) is 6.42 Å². The summed E-state index contributed by atoms with van der Waals surface area (Å²) in [5.41, 5.74) is 1.14. The van der Waals surface area contributed by atoms with Gasteiger partial charge in [-0.15, -0.1) is 0 Å². The van der Waals surface area contributed by atoms with Gasteiger partial charge in [0, 0.05) is 11.3 Å². The van der Waals surface area contributed by atoms with Crippen molar-refractivity contribution in [3.05, 3.63) is 29.8 Å². The second-order valence-electron chi connectivity index (χ2n) is 5.52. The molecule has 0 bridgehead atoms. The number of ether oxygens (including phenoxy) is 1. The van der Waals surface area contributed by atoms with E-state index in [1.54, 1.807) is 31.2 Å². The predicted molar refractivity (Wildman–Crippen MR) is 77.9 cm³/mol. The maximum Gasteiger partial charge on any atom is 0.309 e. The molecule has 1 saturated carbocycles. The number of amides is 1. The molecular weight excluding hydrogens is 270 g/mol. The minimum Gasteiger partial charge on any atom is -0.452 e. The van der Waals surface area contributed by atoms with E-state index < -0.39 is 6.10 Å². The summed E-state index contributed by atoms with van der Waals surface area (Å²) < 4.78 is 5.14. The molecule has 0 aromatic heterocycles. The molecule has 0 unspecified atom stereocenters. The first-order valence-corrected chi connectivity index (χ1v) is 7.01. The number of benzene rings is 1. The van der Waals surface area contributed by atoms with Crippen molar-refractivity contribution in [3.63, 3.8) is 0 Å². The number of hydrogen-bond acceptors (Lipinski definition) is 4. The lowest BCUT2D eigenvalue weighted by molar-refractivity contribution is -0.154. The van der Waals surface area contributed by atoms with Gasteiger partial charge in [-0.3, -0.25) is 14.4 Å². The van der Waals surface area contributed by atoms with E-state index in [0.29, 0.717) is 17.2 Å². The molecule has 1 aliphatic carbocycles. The van der Waals surface area contributed by atoms with Crippen LogP contribution in [-0.2, 0) is 14.3 Å². The fourth-order valence-corrected chi connectivity index (χ4v) is 2.00. The monoisotopic (exact) mass is 289 g/mol. The standard InChI is InChI=1S/C16H19NO4/c1-9-8-14(9)16(20)21-11(3)15(19)17-13-6-4-12(5-7-13)10(2)18/h4-7,9,11,14H,8H2,1-3H3,(H,17,19)/t9-,11-,14-/m0/s1. The molecule has 21 heavy (non-hydrogen) atoms. The van der Waals surface area contributed by atoms with Crippen molar-refractivity contribution in [3.8, 4) is 0 Å². The molecule has 0 saturated heterocycles. The minimum absolute atomic E-state index is 0.0336. The van der Waals surface area contributed by atoms with Gasteiger partial charge in [0.1, 0.15) is 0 Å². The van der Waals surface area contributed by atoms with Crippen LogP contribution in [0, 0.1) is 11.8 Å². The number of anilines is 1. The van der Waals surface area contributed by atoms with Crippen LogP contribution in [0.4, 0.5) is 5.69 Å². The van der Waals surface area contributed by atoms with Crippen molar-refractivity contribution >= 4 is 23.3 Å². The molecule has 1 aromatic rings. The van der Waals surface area contributed by atoms with Crippen LogP contribution in [0.3, 0.4) is 0 Å². The summed E-state index contributed by atoms with van der Waals surface area (Å²) >= 11 is 0. The van der Waals surface area contributed by atoms with Crippen molar-refractivity contribution in [2.75, 3.05) is 5.32 Å². The Hall–Kier alpha value is -2.17. The smallest absolute Gasteiger partial charge is 0.309 e. The molecular formula is C16H19NO4. The normalized spacial score (nSPS) is 21.3. The molecule has 1 aliphatic rings. The molecule has 2 rings (SSSR count). The Balaban J connectivity index is 1.88. The van der Waals surface area contributed by atoms with Gasteiger partial charge in [0.05, 0.1) is 5.92 Å². The molecule has 5 nitrogen and oxygen atoms in total. The summed E-state index contributed by atoms with van der Waals surface area (Å²) in [7, 11) is 0. The largest absolute Gasteiger partial charge is 0.452 e. The first kappa shape index (κ1) is 15.2. The van der Waals surface area contributed by atoms with Crippen LogP contribution in [0.2, 0.25) is 0 Å². The highest BCUT2D eigenvalue weighted by atomic mass is 16.5. The Morgan fingerprint density at radius 2 is 1.81 bits per heavy atom. The van der Waals surface area contributed by atoms with E-state index in [4.69, 9.17) is 4.74 Å². The summed E-state index contributed by atoms with van der Waals surface area (Å²) in [6, 6.07) is 6.57. The van der Waals surface area contributed by atoms with Gasteiger partial charge in [0.15, 0.2) is 11.9 Å². The molecule has 0 radical (unpaired) electrons. The number of rotatable bonds is 5. The van der Waals surface area contributed by atoms with Crippen LogP contribution < -0.4 is 5.32 Å². The third kappa shape index (κ3) is 3.90. The summed E-state index contributed by atoms with van der Waals surface area (Å²) in [5, 5.41) is 2.66. The van der Waals surface area contributed by atoms with Crippen LogP contribution in [-0.4, -0.2) is 23.8 Å². The Kier molecular flexibility index (Phi) is 4.40. The fraction of sp³-hybridized carbons (Fsp3) is 0.438. The second-order valence-corrected chi connectivity index (χ2v) is 5.52. The zero-order chi connectivity index (χ0) is 15.6. The molecule has 1 amide bonds. The molecule has 0 spiro atoms. The summed E-state index contributed by atoms with van der Waals surface area (Å²) in [5.74, 6) is -0.431. The van der Waals surface area contributed by atoms with E-state index in [1.165, 1.54) is 6.92 Å². The van der Waals surface area contributed by atoms with Crippen LogP contribution in [0.25, 0.3) is 0 Å². The van der Waals surface area contributed by atoms with Gasteiger partial charge < -0.3 is 10.1 Å². The highest BCUT2D eigenvalue weighted by Gasteiger charge is 2.41. The molecule has 112 valence electrons. The summed E-state index contributed by atoms with van der Waals surface area (Å²) in [6.07, 6.45) is -0.00237. The molecule has 1 N–H and O–H groups in total. The van der Waals surface area contributed by atoms with Gasteiger partial charge in [-0.25, -0.2) is 0 Å². The Labute approximate surface area is 123 Å². The van der Waals surface area contributed by atoms with Crippen molar-refractivity contribution in [2.45, 2.75) is 33.3 Å². The number of carbonyl (C=O) groups excluding carboxylic acids is 3. The lowest BCUT2D eigenvalue weighted by atomic mass is 10.1. The number of Topliss-reactive ketones (excluding diaryl/α,β-unsaturated/α-hetero) is 1. The molecule has 5 heteroatoms. The maximum atomic E-state index is 11.9. The van der Waals surface area contributed by atoms with Crippen molar-refractivity contribution < 1.29 is 19.1 Å². The van der Waals surface area contributed by atoms with Crippen molar-refractivity contribution in [1.29, 1.82) is 0 Å². The molecule has 0 aliphatic heterocycles. The highest BCUT2D eigenvalue weighted by molar-refractivity contribution is 5.97. The molecule has 0 heterocycles. The Bertz CT molecular complexity index is 564. The summed E-state index contributed by atoms with van der Waals surface area (Å²) in [4.78, 5) is 34.8. The lowest BCUT2D eigenvalue weighted by Gasteiger charge is -2.13. The van der Waals surface area contributed by atoms with E-state index in [2.05, 4.69) is 5.32 Å². The number of carbonyl (C=O) groups is 3. The average molecular weight is 289 g/mol. The zero-order valence-electron chi connectivity index (χ0n) is 12.4. The second kappa shape index (κ2) is 6.08. The van der Waals surface area contributed by atoms with Gasteiger partial charge >= 0.3 is 5.97 Å². The SMILES string of the molecule is CC(=O)c1ccc(NC(=O)[C@H](C)OC(=O)[C@H]2C[C@@H]2C)cc1.